The minimum absolute atomic E-state index is 0.124. The fourth-order valence-corrected chi connectivity index (χ4v) is 3.08. The van der Waals surface area contributed by atoms with Crippen molar-refractivity contribution in [3.8, 4) is 0 Å². The van der Waals surface area contributed by atoms with Gasteiger partial charge in [0.1, 0.15) is 0 Å². The van der Waals surface area contributed by atoms with Crippen LogP contribution in [-0.2, 0) is 0 Å². The van der Waals surface area contributed by atoms with Crippen LogP contribution < -0.4 is 5.73 Å². The van der Waals surface area contributed by atoms with E-state index in [0.717, 1.165) is 21.5 Å². The molecule has 0 saturated heterocycles. The molecule has 0 bridgehead atoms. The van der Waals surface area contributed by atoms with Gasteiger partial charge in [0.2, 0.25) is 0 Å². The molecule has 1 aliphatic carbocycles. The molecule has 104 valence electrons. The summed E-state index contributed by atoms with van der Waals surface area (Å²) in [4.78, 5) is 0. The second-order valence-corrected chi connectivity index (χ2v) is 6.71. The molecule has 1 fully saturated rings. The highest BCUT2D eigenvalue weighted by molar-refractivity contribution is 9.10. The zero-order valence-corrected chi connectivity index (χ0v) is 13.5. The first-order valence-electron chi connectivity index (χ1n) is 6.95. The molecule has 0 heterocycles. The van der Waals surface area contributed by atoms with E-state index in [9.17, 15) is 0 Å². The van der Waals surface area contributed by atoms with Gasteiger partial charge in [-0.1, -0.05) is 48.4 Å². The zero-order chi connectivity index (χ0) is 14.1. The van der Waals surface area contributed by atoms with Crippen molar-refractivity contribution in [1.29, 1.82) is 0 Å². The molecule has 1 aliphatic rings. The van der Waals surface area contributed by atoms with Gasteiger partial charge in [0.25, 0.3) is 0 Å². The third-order valence-corrected chi connectivity index (χ3v) is 5.38. The van der Waals surface area contributed by atoms with Gasteiger partial charge >= 0.3 is 0 Å². The summed E-state index contributed by atoms with van der Waals surface area (Å²) in [6.45, 7) is 0. The molecule has 1 atom stereocenters. The van der Waals surface area contributed by atoms with Crippen molar-refractivity contribution in [2.75, 3.05) is 0 Å². The molecule has 0 aromatic heterocycles. The molecule has 20 heavy (non-hydrogen) atoms. The van der Waals surface area contributed by atoms with Gasteiger partial charge in [-0.15, -0.1) is 0 Å². The third-order valence-electron chi connectivity index (χ3n) is 4.15. The first kappa shape index (κ1) is 14.1. The molecule has 2 aromatic rings. The Morgan fingerprint density at radius 2 is 1.85 bits per heavy atom. The summed E-state index contributed by atoms with van der Waals surface area (Å²) in [5.74, 6) is 0.732. The Hall–Kier alpha value is -0.830. The summed E-state index contributed by atoms with van der Waals surface area (Å²) in [6.07, 6.45) is 3.97. The van der Waals surface area contributed by atoms with Crippen LogP contribution in [0.25, 0.3) is 0 Å². The molecule has 1 nitrogen and oxygen atoms in total. The predicted molar refractivity (Wildman–Crippen MR) is 88.2 cm³/mol. The van der Waals surface area contributed by atoms with Crippen LogP contribution in [-0.4, -0.2) is 0 Å². The van der Waals surface area contributed by atoms with E-state index < -0.39 is 0 Å². The van der Waals surface area contributed by atoms with Crippen LogP contribution in [0.15, 0.2) is 46.9 Å². The fraction of sp³-hybridized carbons (Fsp3) is 0.294. The van der Waals surface area contributed by atoms with Gasteiger partial charge in [-0.25, -0.2) is 0 Å². The second kappa shape index (κ2) is 5.88. The molecule has 0 spiro atoms. The molecular weight excluding hydrogens is 334 g/mol. The van der Waals surface area contributed by atoms with E-state index in [0.29, 0.717) is 5.02 Å². The number of benzene rings is 2. The Kier molecular flexibility index (Phi) is 4.16. The van der Waals surface area contributed by atoms with Crippen LogP contribution in [0.3, 0.4) is 0 Å². The Morgan fingerprint density at radius 1 is 1.10 bits per heavy atom. The van der Waals surface area contributed by atoms with Gasteiger partial charge in [0, 0.05) is 4.47 Å². The Bertz CT molecular complexity index is 622. The van der Waals surface area contributed by atoms with Crippen molar-refractivity contribution >= 4 is 27.5 Å². The van der Waals surface area contributed by atoms with E-state index in [1.165, 1.54) is 24.8 Å². The molecule has 0 aliphatic heterocycles. The first-order chi connectivity index (χ1) is 9.65. The lowest BCUT2D eigenvalue weighted by molar-refractivity contribution is 0.419. The third kappa shape index (κ3) is 2.78. The lowest BCUT2D eigenvalue weighted by Gasteiger charge is -2.26. The van der Waals surface area contributed by atoms with Crippen molar-refractivity contribution < 1.29 is 0 Å². The van der Waals surface area contributed by atoms with Crippen LogP contribution in [0.4, 0.5) is 0 Å². The van der Waals surface area contributed by atoms with Crippen molar-refractivity contribution in [2.24, 2.45) is 5.73 Å². The number of hydrogen-bond acceptors (Lipinski definition) is 1. The zero-order valence-electron chi connectivity index (χ0n) is 11.2. The van der Waals surface area contributed by atoms with Crippen molar-refractivity contribution in [3.63, 3.8) is 0 Å². The van der Waals surface area contributed by atoms with Gasteiger partial charge in [0.05, 0.1) is 11.1 Å². The Morgan fingerprint density at radius 3 is 2.50 bits per heavy atom. The average molecular weight is 351 g/mol. The summed E-state index contributed by atoms with van der Waals surface area (Å²) < 4.78 is 0.901. The topological polar surface area (TPSA) is 26.0 Å². The summed E-state index contributed by atoms with van der Waals surface area (Å²) in [5.41, 5.74) is 10.0. The van der Waals surface area contributed by atoms with Crippen LogP contribution in [0.5, 0.6) is 0 Å². The standard InChI is InChI=1S/C17H17BrClN/c18-15-8-7-14(10-16(15)19)17(20)13-6-2-5-12(9-13)11-3-1-4-11/h2,5-11,17H,1,3-4,20H2. The maximum atomic E-state index is 6.39. The van der Waals surface area contributed by atoms with Gasteiger partial charge in [-0.05, 0) is 63.5 Å². The summed E-state index contributed by atoms with van der Waals surface area (Å²) >= 11 is 9.57. The van der Waals surface area contributed by atoms with Crippen LogP contribution in [0, 0.1) is 0 Å². The molecule has 3 heteroatoms. The van der Waals surface area contributed by atoms with Gasteiger partial charge in [-0.2, -0.15) is 0 Å². The number of rotatable bonds is 3. The van der Waals surface area contributed by atoms with E-state index in [2.05, 4.69) is 40.2 Å². The van der Waals surface area contributed by atoms with Gasteiger partial charge < -0.3 is 5.73 Å². The molecule has 2 aromatic carbocycles. The quantitative estimate of drug-likeness (QED) is 0.786. The number of halogens is 2. The Balaban J connectivity index is 1.89. The van der Waals surface area contributed by atoms with E-state index >= 15 is 0 Å². The molecular formula is C17H17BrClN. The predicted octanol–water partition coefficient (Wildman–Crippen LogP) is 5.42. The minimum Gasteiger partial charge on any atom is -0.320 e. The first-order valence-corrected chi connectivity index (χ1v) is 8.12. The molecule has 3 rings (SSSR count). The summed E-state index contributed by atoms with van der Waals surface area (Å²) in [5, 5.41) is 0.702. The highest BCUT2D eigenvalue weighted by Crippen LogP contribution is 2.37. The lowest BCUT2D eigenvalue weighted by atomic mass is 9.79. The second-order valence-electron chi connectivity index (χ2n) is 5.45. The molecule has 2 N–H and O–H groups in total. The van der Waals surface area contributed by atoms with E-state index in [1.54, 1.807) is 0 Å². The molecule has 1 saturated carbocycles. The monoisotopic (exact) mass is 349 g/mol. The SMILES string of the molecule is NC(c1cccc(C2CCC2)c1)c1ccc(Br)c(Cl)c1. The number of nitrogens with two attached hydrogens (primary N) is 1. The maximum Gasteiger partial charge on any atom is 0.0552 e. The average Bonchev–Trinajstić information content (AvgIpc) is 2.39. The summed E-state index contributed by atoms with van der Waals surface area (Å²) in [6, 6.07) is 14.5. The largest absolute Gasteiger partial charge is 0.320 e. The van der Waals surface area contributed by atoms with Gasteiger partial charge in [0.15, 0.2) is 0 Å². The molecule has 0 radical (unpaired) electrons. The van der Waals surface area contributed by atoms with Crippen molar-refractivity contribution in [3.05, 3.63) is 68.7 Å². The lowest BCUT2D eigenvalue weighted by Crippen LogP contribution is -2.14. The summed E-state index contributed by atoms with van der Waals surface area (Å²) in [7, 11) is 0. The fourth-order valence-electron chi connectivity index (χ4n) is 2.65. The Labute approximate surface area is 133 Å². The highest BCUT2D eigenvalue weighted by atomic mass is 79.9. The smallest absolute Gasteiger partial charge is 0.0552 e. The van der Waals surface area contributed by atoms with Gasteiger partial charge in [-0.3, -0.25) is 0 Å². The molecule has 1 unspecified atom stereocenters. The minimum atomic E-state index is -0.124. The normalized spacial score (nSPS) is 16.8. The number of hydrogen-bond donors (Lipinski definition) is 1. The van der Waals surface area contributed by atoms with Crippen LogP contribution >= 0.6 is 27.5 Å². The van der Waals surface area contributed by atoms with E-state index in [4.69, 9.17) is 17.3 Å². The van der Waals surface area contributed by atoms with E-state index in [-0.39, 0.29) is 6.04 Å². The maximum absolute atomic E-state index is 6.39. The van der Waals surface area contributed by atoms with Crippen LogP contribution in [0.2, 0.25) is 5.02 Å². The van der Waals surface area contributed by atoms with E-state index in [1.807, 2.05) is 18.2 Å². The van der Waals surface area contributed by atoms with Crippen LogP contribution in [0.1, 0.15) is 47.9 Å². The molecule has 0 amide bonds. The van der Waals surface area contributed by atoms with Crippen molar-refractivity contribution in [1.82, 2.24) is 0 Å². The van der Waals surface area contributed by atoms with Crippen molar-refractivity contribution in [2.45, 2.75) is 31.2 Å². The highest BCUT2D eigenvalue weighted by Gasteiger charge is 2.20.